The van der Waals surface area contributed by atoms with Crippen molar-refractivity contribution in [3.05, 3.63) is 128 Å². The molecular weight excluding hydrogens is 852 g/mol. The summed E-state index contributed by atoms with van der Waals surface area (Å²) in [4.78, 5) is 36.4. The molecule has 6 aromatic rings. The van der Waals surface area contributed by atoms with E-state index in [9.17, 15) is 9.59 Å². The van der Waals surface area contributed by atoms with Gasteiger partial charge >= 0.3 is 0 Å². The third kappa shape index (κ3) is 10.4. The summed E-state index contributed by atoms with van der Waals surface area (Å²) in [5.41, 5.74) is 10.6. The molecule has 3 aromatic heterocycles. The van der Waals surface area contributed by atoms with Crippen LogP contribution in [0.25, 0.3) is 16.1 Å². The monoisotopic (exact) mass is 902 g/mol. The maximum Gasteiger partial charge on any atom is 0.228 e. The summed E-state index contributed by atoms with van der Waals surface area (Å²) >= 11 is 7.92. The number of fused-ring (bicyclic) bond motifs is 4. The number of nitrogens with one attached hydrogen (secondary N) is 3. The van der Waals surface area contributed by atoms with Crippen LogP contribution in [0, 0.1) is 34.6 Å². The third-order valence-electron chi connectivity index (χ3n) is 11.1. The molecule has 332 valence electrons. The fourth-order valence-corrected chi connectivity index (χ4v) is 9.25. The fourth-order valence-electron chi connectivity index (χ4n) is 7.91. The molecule has 0 saturated carbocycles. The Labute approximate surface area is 381 Å². The zero-order chi connectivity index (χ0) is 44.7. The van der Waals surface area contributed by atoms with Crippen LogP contribution in [0.15, 0.2) is 77.8 Å². The van der Waals surface area contributed by atoms with Gasteiger partial charge in [-0.2, -0.15) is 0 Å². The van der Waals surface area contributed by atoms with Gasteiger partial charge in [-0.05, 0) is 111 Å². The molecule has 0 radical (unpaired) electrons. The average molecular weight is 904 g/mol. The van der Waals surface area contributed by atoms with Crippen LogP contribution in [0.4, 0.5) is 17.2 Å². The largest absolute Gasteiger partial charge is 0.491 e. The lowest BCUT2D eigenvalue weighted by atomic mass is 9.97. The predicted octanol–water partition coefficient (Wildman–Crippen LogP) is 8.54. The smallest absolute Gasteiger partial charge is 0.228 e. The number of aryl methyl sites for hydroxylation is 4. The van der Waals surface area contributed by atoms with Gasteiger partial charge < -0.3 is 34.9 Å². The number of thiophene rings is 1. The molecule has 2 aliphatic rings. The second-order valence-electron chi connectivity index (χ2n) is 15.7. The number of halogens is 1. The second-order valence-corrected chi connectivity index (χ2v) is 17.3. The van der Waals surface area contributed by atoms with Gasteiger partial charge in [0, 0.05) is 50.2 Å². The summed E-state index contributed by atoms with van der Waals surface area (Å²) in [7, 11) is 0. The van der Waals surface area contributed by atoms with E-state index in [1.165, 1.54) is 4.88 Å². The number of rotatable bonds is 19. The van der Waals surface area contributed by atoms with Gasteiger partial charge in [0.2, 0.25) is 11.8 Å². The first-order valence-electron chi connectivity index (χ1n) is 21.3. The Morgan fingerprint density at radius 3 is 2.28 bits per heavy atom. The highest BCUT2D eigenvalue weighted by atomic mass is 35.5. The molecule has 1 atom stereocenters. The number of pyridine rings is 1. The van der Waals surface area contributed by atoms with Gasteiger partial charge in [0.1, 0.15) is 35.0 Å². The van der Waals surface area contributed by atoms with E-state index in [0.717, 1.165) is 72.7 Å². The van der Waals surface area contributed by atoms with Crippen molar-refractivity contribution in [3.8, 4) is 21.9 Å². The highest BCUT2D eigenvalue weighted by Crippen LogP contribution is 2.40. The normalized spacial score (nSPS) is 14.0. The summed E-state index contributed by atoms with van der Waals surface area (Å²) in [5, 5.41) is 19.8. The lowest BCUT2D eigenvalue weighted by molar-refractivity contribution is -0.117. The number of benzene rings is 3. The number of hydrogen-bond donors (Lipinski definition) is 3. The lowest BCUT2D eigenvalue weighted by Crippen LogP contribution is -2.17. The predicted molar refractivity (Wildman–Crippen MR) is 251 cm³/mol. The number of amides is 2. The molecule has 3 N–H and O–H groups in total. The van der Waals surface area contributed by atoms with Crippen molar-refractivity contribution in [2.75, 3.05) is 68.7 Å². The topological polar surface area (TPSA) is 163 Å². The van der Waals surface area contributed by atoms with Crippen molar-refractivity contribution in [2.24, 2.45) is 4.99 Å². The van der Waals surface area contributed by atoms with Crippen LogP contribution >= 0.6 is 22.9 Å². The molecule has 8 rings (SSSR count). The number of anilines is 3. The van der Waals surface area contributed by atoms with E-state index in [1.54, 1.807) is 11.3 Å². The summed E-state index contributed by atoms with van der Waals surface area (Å²) in [5.74, 6) is 2.65. The van der Waals surface area contributed by atoms with Crippen LogP contribution in [-0.2, 0) is 30.2 Å². The SMILES string of the molecule is Cc1cc(NCCOCCOCCOCCOc2ccc(NC(=O)C[C@@H]3N=C(c4ccc(Cl)cc4)c4c(sc(C)c4C)-n4c(C)nnc43)cc2)nc(C)c1-c1ccc2c(c1)CC(=O)N2. The minimum Gasteiger partial charge on any atom is -0.491 e. The maximum atomic E-state index is 13.5. The van der Waals surface area contributed by atoms with Gasteiger partial charge in [0.25, 0.3) is 0 Å². The zero-order valence-corrected chi connectivity index (χ0v) is 38.1. The number of nitrogens with zero attached hydrogens (tertiary/aromatic N) is 5. The molecule has 0 aliphatic carbocycles. The van der Waals surface area contributed by atoms with Crippen LogP contribution < -0.4 is 20.7 Å². The Kier molecular flexibility index (Phi) is 14.1. The highest BCUT2D eigenvalue weighted by Gasteiger charge is 2.32. The van der Waals surface area contributed by atoms with Crippen LogP contribution in [-0.4, -0.2) is 90.1 Å². The van der Waals surface area contributed by atoms with Crippen molar-refractivity contribution >= 4 is 57.7 Å². The summed E-state index contributed by atoms with van der Waals surface area (Å²) in [6.45, 7) is 13.9. The van der Waals surface area contributed by atoms with Gasteiger partial charge in [-0.25, -0.2) is 4.98 Å². The summed E-state index contributed by atoms with van der Waals surface area (Å²) < 4.78 is 24.9. The molecule has 3 aromatic carbocycles. The first-order valence-corrected chi connectivity index (χ1v) is 22.5. The number of aliphatic imine (C=N–C) groups is 1. The lowest BCUT2D eigenvalue weighted by Gasteiger charge is -2.14. The standard InChI is InChI=1S/C48H51ClN8O6S/c1-28-24-41(51-30(3)44(28)34-8-15-39-35(25-34)26-42(58)53-39)50-16-17-60-18-19-61-20-21-62-22-23-63-38-13-11-37(12-14-38)52-43(59)27-40-47-56-55-32(5)57(47)48-45(29(2)31(4)64-48)46(54-40)33-6-9-36(49)10-7-33/h6-15,24-25,40H,16-23,26-27H2,1-5H3,(H,50,51)(H,52,59)(H,53,58)/t40-/m0/s1. The number of hydrogen-bond acceptors (Lipinski definition) is 12. The quantitative estimate of drug-likeness (QED) is 0.0672. The molecule has 2 amide bonds. The van der Waals surface area contributed by atoms with Gasteiger partial charge in [0.05, 0.1) is 58.2 Å². The van der Waals surface area contributed by atoms with Crippen LogP contribution in [0.5, 0.6) is 5.75 Å². The molecule has 0 bridgehead atoms. The van der Waals surface area contributed by atoms with E-state index < -0.39 is 6.04 Å². The Bertz CT molecular complexity index is 2660. The van der Waals surface area contributed by atoms with Crippen LogP contribution in [0.3, 0.4) is 0 Å². The molecule has 2 aliphatic heterocycles. The maximum absolute atomic E-state index is 13.5. The summed E-state index contributed by atoms with van der Waals surface area (Å²) in [6, 6.07) is 22.4. The highest BCUT2D eigenvalue weighted by molar-refractivity contribution is 7.15. The van der Waals surface area contributed by atoms with E-state index in [-0.39, 0.29) is 18.2 Å². The minimum absolute atomic E-state index is 0.0288. The van der Waals surface area contributed by atoms with E-state index >= 15 is 0 Å². The Hall–Kier alpha value is -5.97. The van der Waals surface area contributed by atoms with Crippen molar-refractivity contribution < 1.29 is 28.5 Å². The van der Waals surface area contributed by atoms with Crippen molar-refractivity contribution in [3.63, 3.8) is 0 Å². The minimum atomic E-state index is -0.569. The second kappa shape index (κ2) is 20.2. The molecule has 64 heavy (non-hydrogen) atoms. The van der Waals surface area contributed by atoms with Crippen molar-refractivity contribution in [2.45, 2.75) is 53.5 Å². The zero-order valence-electron chi connectivity index (χ0n) is 36.5. The van der Waals surface area contributed by atoms with Gasteiger partial charge in [-0.15, -0.1) is 21.5 Å². The fraction of sp³-hybridized carbons (Fsp3) is 0.333. The van der Waals surface area contributed by atoms with E-state index in [2.05, 4.69) is 53.0 Å². The van der Waals surface area contributed by atoms with Crippen molar-refractivity contribution in [1.82, 2.24) is 19.7 Å². The van der Waals surface area contributed by atoms with E-state index in [0.29, 0.717) is 81.5 Å². The molecule has 14 nitrogen and oxygen atoms in total. The Balaban J connectivity index is 0.712. The number of carbonyl (C=O) groups is 2. The number of aromatic nitrogens is 4. The molecule has 16 heteroatoms. The molecule has 0 unspecified atom stereocenters. The first kappa shape index (κ1) is 44.6. The summed E-state index contributed by atoms with van der Waals surface area (Å²) in [6.07, 6.45) is 0.480. The Morgan fingerprint density at radius 2 is 1.55 bits per heavy atom. The van der Waals surface area contributed by atoms with Gasteiger partial charge in [-0.3, -0.25) is 19.1 Å². The molecular formula is C48H51ClN8O6S. The molecule has 5 heterocycles. The third-order valence-corrected chi connectivity index (χ3v) is 12.5. The van der Waals surface area contributed by atoms with E-state index in [4.69, 9.17) is 40.5 Å². The average Bonchev–Trinajstić information content (AvgIpc) is 3.91. The molecule has 0 fully saturated rings. The van der Waals surface area contributed by atoms with E-state index in [1.807, 2.05) is 85.1 Å². The van der Waals surface area contributed by atoms with Crippen LogP contribution in [0.1, 0.15) is 62.5 Å². The van der Waals surface area contributed by atoms with Gasteiger partial charge in [-0.1, -0.05) is 29.8 Å². The van der Waals surface area contributed by atoms with Crippen LogP contribution in [0.2, 0.25) is 5.02 Å². The van der Waals surface area contributed by atoms with Gasteiger partial charge in [0.15, 0.2) is 5.82 Å². The number of carbonyl (C=O) groups excluding carboxylic acids is 2. The molecule has 0 spiro atoms. The Morgan fingerprint density at radius 1 is 0.844 bits per heavy atom. The first-order chi connectivity index (χ1) is 31.0. The van der Waals surface area contributed by atoms with Crippen molar-refractivity contribution in [1.29, 1.82) is 0 Å². The number of ether oxygens (including phenoxy) is 4. The molecule has 0 saturated heterocycles.